The minimum absolute atomic E-state index is 0.0170. The second-order valence-corrected chi connectivity index (χ2v) is 14.0. The number of aliphatic hydroxyl groups is 3. The summed E-state index contributed by atoms with van der Waals surface area (Å²) < 4.78 is 17.7. The number of rotatable bonds is 25. The van der Waals surface area contributed by atoms with Crippen LogP contribution in [-0.4, -0.2) is 70.1 Å². The zero-order chi connectivity index (χ0) is 31.6. The number of ether oxygens (including phenoxy) is 3. The molecule has 3 aliphatic rings. The zero-order valence-electron chi connectivity index (χ0n) is 28.1. The van der Waals surface area contributed by atoms with E-state index in [0.717, 1.165) is 89.0 Å². The molecule has 3 N–H and O–H groups in total. The fourth-order valence-electron chi connectivity index (χ4n) is 7.28. The van der Waals surface area contributed by atoms with E-state index in [9.17, 15) is 20.1 Å². The molecular formula is C37H66O7. The Bertz CT molecular complexity index is 801. The first-order valence-corrected chi connectivity index (χ1v) is 18.6. The molecule has 0 saturated carbocycles. The highest BCUT2D eigenvalue weighted by Gasteiger charge is 2.40. The third kappa shape index (κ3) is 14.2. The Hall–Kier alpha value is -0.990. The number of hydrogen-bond acceptors (Lipinski definition) is 7. The van der Waals surface area contributed by atoms with Gasteiger partial charge in [-0.25, -0.2) is 4.79 Å². The smallest absolute Gasteiger partial charge is 0.334 e. The number of carbonyl (C=O) groups excluding carboxylic acids is 1. The number of carbonyl (C=O) groups is 1. The van der Waals surface area contributed by atoms with Gasteiger partial charge < -0.3 is 29.5 Å². The van der Waals surface area contributed by atoms with Gasteiger partial charge in [-0.05, 0) is 83.6 Å². The van der Waals surface area contributed by atoms with Gasteiger partial charge in [0.1, 0.15) is 6.10 Å². The molecule has 7 heteroatoms. The van der Waals surface area contributed by atoms with Crippen LogP contribution in [0.2, 0.25) is 0 Å². The molecule has 0 aromatic carbocycles. The summed E-state index contributed by atoms with van der Waals surface area (Å²) in [6.45, 7) is 4.11. The van der Waals surface area contributed by atoms with Gasteiger partial charge in [-0.15, -0.1) is 0 Å². The van der Waals surface area contributed by atoms with Gasteiger partial charge >= 0.3 is 5.97 Å². The molecule has 0 bridgehead atoms. The Morgan fingerprint density at radius 3 is 1.68 bits per heavy atom. The van der Waals surface area contributed by atoms with E-state index in [4.69, 9.17) is 14.2 Å². The van der Waals surface area contributed by atoms with Crippen LogP contribution in [0.25, 0.3) is 0 Å². The molecule has 44 heavy (non-hydrogen) atoms. The summed E-state index contributed by atoms with van der Waals surface area (Å²) in [5.41, 5.74) is 0.863. The lowest BCUT2D eigenvalue weighted by atomic mass is 9.99. The van der Waals surface area contributed by atoms with Crippen LogP contribution in [0.15, 0.2) is 11.6 Å². The number of aliphatic hydroxyl groups excluding tert-OH is 3. The largest absolute Gasteiger partial charge is 0.455 e. The van der Waals surface area contributed by atoms with E-state index >= 15 is 0 Å². The van der Waals surface area contributed by atoms with E-state index < -0.39 is 12.2 Å². The molecule has 0 amide bonds. The highest BCUT2D eigenvalue weighted by atomic mass is 16.6. The Morgan fingerprint density at radius 2 is 1.14 bits per heavy atom. The van der Waals surface area contributed by atoms with Crippen molar-refractivity contribution in [2.24, 2.45) is 0 Å². The fourth-order valence-corrected chi connectivity index (χ4v) is 7.28. The predicted octanol–water partition coefficient (Wildman–Crippen LogP) is 7.86. The summed E-state index contributed by atoms with van der Waals surface area (Å²) in [4.78, 5) is 11.6. The first-order valence-electron chi connectivity index (χ1n) is 18.6. The molecule has 2 saturated heterocycles. The van der Waals surface area contributed by atoms with Crippen molar-refractivity contribution in [1.82, 2.24) is 0 Å². The van der Waals surface area contributed by atoms with Gasteiger partial charge in [0, 0.05) is 5.57 Å². The molecule has 0 unspecified atom stereocenters. The van der Waals surface area contributed by atoms with Crippen molar-refractivity contribution in [2.75, 3.05) is 0 Å². The van der Waals surface area contributed by atoms with Gasteiger partial charge in [0.15, 0.2) is 0 Å². The zero-order valence-corrected chi connectivity index (χ0v) is 28.1. The summed E-state index contributed by atoms with van der Waals surface area (Å²) in [5, 5.41) is 31.6. The number of cyclic esters (lactones) is 1. The first-order chi connectivity index (χ1) is 21.4. The maximum Gasteiger partial charge on any atom is 0.334 e. The van der Waals surface area contributed by atoms with Gasteiger partial charge in [0.25, 0.3) is 0 Å². The molecule has 8 atom stereocenters. The van der Waals surface area contributed by atoms with E-state index in [1.54, 1.807) is 0 Å². The molecule has 0 aromatic heterocycles. The highest BCUT2D eigenvalue weighted by molar-refractivity contribution is 5.90. The monoisotopic (exact) mass is 622 g/mol. The van der Waals surface area contributed by atoms with Gasteiger partial charge in [0.05, 0.1) is 42.7 Å². The van der Waals surface area contributed by atoms with Crippen molar-refractivity contribution in [2.45, 2.75) is 217 Å². The van der Waals surface area contributed by atoms with Crippen molar-refractivity contribution in [3.8, 4) is 0 Å². The second kappa shape index (κ2) is 21.7. The van der Waals surface area contributed by atoms with Crippen LogP contribution >= 0.6 is 0 Å². The van der Waals surface area contributed by atoms with Crippen LogP contribution in [0.3, 0.4) is 0 Å². The molecular weight excluding hydrogens is 556 g/mol. The standard InChI is InChI=1S/C37H66O7/c1-3-4-5-15-19-30(38)20-17-22-32(40)34-24-26-36(44-34)35-25-23-33(43-35)31(39)21-16-13-11-9-7-6-8-10-12-14-18-29-27-28(2)42-37(29)41/h27-28,30-36,38-40H,3-26H2,1-2H3/t28-,30-,31+,32+,33+,34+,35+,36+/m1/s1. The van der Waals surface area contributed by atoms with Gasteiger partial charge in [-0.2, -0.15) is 0 Å². The van der Waals surface area contributed by atoms with E-state index in [1.807, 2.05) is 13.0 Å². The summed E-state index contributed by atoms with van der Waals surface area (Å²) >= 11 is 0. The third-order valence-corrected chi connectivity index (χ3v) is 10.1. The number of hydrogen-bond donors (Lipinski definition) is 3. The van der Waals surface area contributed by atoms with Crippen LogP contribution in [0.5, 0.6) is 0 Å². The average Bonchev–Trinajstić information content (AvgIpc) is 3.76. The minimum atomic E-state index is -0.479. The van der Waals surface area contributed by atoms with Crippen LogP contribution in [0.4, 0.5) is 0 Å². The molecule has 2 fully saturated rings. The van der Waals surface area contributed by atoms with Crippen molar-refractivity contribution in [3.05, 3.63) is 11.6 Å². The molecule has 3 rings (SSSR count). The van der Waals surface area contributed by atoms with E-state index in [0.29, 0.717) is 6.42 Å². The van der Waals surface area contributed by atoms with E-state index in [1.165, 1.54) is 64.2 Å². The summed E-state index contributed by atoms with van der Waals surface area (Å²) in [6, 6.07) is 0. The first kappa shape index (κ1) is 37.5. The molecule has 7 nitrogen and oxygen atoms in total. The van der Waals surface area contributed by atoms with Gasteiger partial charge in [-0.3, -0.25) is 0 Å². The molecule has 0 spiro atoms. The van der Waals surface area contributed by atoms with Crippen molar-refractivity contribution in [3.63, 3.8) is 0 Å². The van der Waals surface area contributed by atoms with E-state index in [2.05, 4.69) is 6.92 Å². The lowest BCUT2D eigenvalue weighted by Crippen LogP contribution is -2.33. The Morgan fingerprint density at radius 1 is 0.659 bits per heavy atom. The van der Waals surface area contributed by atoms with Gasteiger partial charge in [0.2, 0.25) is 0 Å². The summed E-state index contributed by atoms with van der Waals surface area (Å²) in [7, 11) is 0. The van der Waals surface area contributed by atoms with Crippen LogP contribution in [0, 0.1) is 0 Å². The summed E-state index contributed by atoms with van der Waals surface area (Å²) in [5.74, 6) is -0.123. The second-order valence-electron chi connectivity index (χ2n) is 14.0. The van der Waals surface area contributed by atoms with Gasteiger partial charge in [-0.1, -0.05) is 90.4 Å². The van der Waals surface area contributed by atoms with Crippen LogP contribution in [0.1, 0.15) is 168 Å². The molecule has 256 valence electrons. The average molecular weight is 623 g/mol. The van der Waals surface area contributed by atoms with Crippen molar-refractivity contribution < 1.29 is 34.3 Å². The maximum atomic E-state index is 11.6. The fraction of sp³-hybridized carbons (Fsp3) is 0.919. The van der Waals surface area contributed by atoms with E-state index in [-0.39, 0.29) is 42.6 Å². The lowest BCUT2D eigenvalue weighted by Gasteiger charge is -2.24. The minimum Gasteiger partial charge on any atom is -0.455 e. The lowest BCUT2D eigenvalue weighted by molar-refractivity contribution is -0.139. The molecule has 0 aliphatic carbocycles. The topological polar surface area (TPSA) is 105 Å². The predicted molar refractivity (Wildman–Crippen MR) is 175 cm³/mol. The molecule has 0 aromatic rings. The Balaban J connectivity index is 1.13. The van der Waals surface area contributed by atoms with Crippen molar-refractivity contribution in [1.29, 1.82) is 0 Å². The highest BCUT2D eigenvalue weighted by Crippen LogP contribution is 2.34. The normalized spacial score (nSPS) is 27.4. The molecule has 3 aliphatic heterocycles. The molecule has 0 radical (unpaired) electrons. The van der Waals surface area contributed by atoms with Crippen LogP contribution in [-0.2, 0) is 19.0 Å². The van der Waals surface area contributed by atoms with Crippen molar-refractivity contribution >= 4 is 5.97 Å². The molecule has 3 heterocycles. The third-order valence-electron chi connectivity index (χ3n) is 10.1. The number of esters is 1. The SMILES string of the molecule is CCCCCC[C@@H](O)CCC[C@H](O)[C@@H]1CC[C@@H]([C@@H]2CC[C@@H]([C@@H](O)CCCCCCCCCCCCC3=C[C@@H](C)OC3=O)O2)O1. The maximum absolute atomic E-state index is 11.6. The number of unbranched alkanes of at least 4 members (excludes halogenated alkanes) is 12. The Labute approximate surface area is 268 Å². The summed E-state index contributed by atoms with van der Waals surface area (Å²) in [6.07, 6.45) is 25.7. The quantitative estimate of drug-likeness (QED) is 0.0703. The van der Waals surface area contributed by atoms with Crippen LogP contribution < -0.4 is 0 Å². The Kier molecular flexibility index (Phi) is 18.5.